The summed E-state index contributed by atoms with van der Waals surface area (Å²) in [4.78, 5) is 9.86. The van der Waals surface area contributed by atoms with Crippen LogP contribution < -0.4 is 0 Å². The number of rotatable bonds is 2. The molecule has 0 radical (unpaired) electrons. The fourth-order valence-corrected chi connectivity index (χ4v) is 4.16. The molecule has 4 rings (SSSR count). The number of hydrogen-bond acceptors (Lipinski definition) is 6. The fourth-order valence-electron chi connectivity index (χ4n) is 1.88. The zero-order valence-corrected chi connectivity index (χ0v) is 12.7. The zero-order chi connectivity index (χ0) is 13.7. The molecule has 4 nitrogen and oxygen atoms in total. The molecule has 1 aromatic carbocycles. The van der Waals surface area contributed by atoms with E-state index in [0.717, 1.165) is 30.2 Å². The third-order valence-corrected chi connectivity index (χ3v) is 5.71. The molecule has 0 atom stereocenters. The number of fused-ring (bicyclic) bond motifs is 2. The van der Waals surface area contributed by atoms with Crippen molar-refractivity contribution in [2.45, 2.75) is 4.34 Å². The largest absolute Gasteiger partial charge is 0.234 e. The monoisotopic (exact) mass is 322 g/mol. The average Bonchev–Trinajstić information content (AvgIpc) is 3.08. The maximum atomic E-state index is 13.2. The SMILES string of the molecule is CSc1nn2cc(-c3nc4ccc(F)cc4s3)nc2s1. The lowest BCUT2D eigenvalue weighted by Crippen LogP contribution is -1.79. The predicted molar refractivity (Wildman–Crippen MR) is 81.2 cm³/mol. The minimum absolute atomic E-state index is 0.246. The number of nitrogens with zero attached hydrogens (tertiary/aromatic N) is 4. The van der Waals surface area contributed by atoms with E-state index in [2.05, 4.69) is 15.1 Å². The van der Waals surface area contributed by atoms with Gasteiger partial charge in [0.25, 0.3) is 0 Å². The van der Waals surface area contributed by atoms with E-state index in [0.29, 0.717) is 0 Å². The van der Waals surface area contributed by atoms with Gasteiger partial charge in [-0.25, -0.2) is 18.9 Å². The molecule has 0 bridgehead atoms. The van der Waals surface area contributed by atoms with Crippen molar-refractivity contribution < 1.29 is 4.39 Å². The Morgan fingerprint density at radius 1 is 1.25 bits per heavy atom. The highest BCUT2D eigenvalue weighted by molar-refractivity contribution is 8.00. The molecule has 3 heterocycles. The molecule has 0 aliphatic carbocycles. The Labute approximate surface area is 125 Å². The highest BCUT2D eigenvalue weighted by atomic mass is 32.2. The molecule has 0 saturated carbocycles. The summed E-state index contributed by atoms with van der Waals surface area (Å²) in [6.07, 6.45) is 3.85. The Balaban J connectivity index is 1.84. The van der Waals surface area contributed by atoms with Crippen LogP contribution in [0.15, 0.2) is 28.7 Å². The fraction of sp³-hybridized carbons (Fsp3) is 0.0833. The lowest BCUT2D eigenvalue weighted by Gasteiger charge is -1.85. The molecule has 4 aromatic rings. The molecule has 0 unspecified atom stereocenters. The Morgan fingerprint density at radius 2 is 2.15 bits per heavy atom. The van der Waals surface area contributed by atoms with Crippen molar-refractivity contribution in [2.75, 3.05) is 6.26 Å². The van der Waals surface area contributed by atoms with E-state index in [9.17, 15) is 4.39 Å². The minimum Gasteiger partial charge on any atom is -0.234 e. The van der Waals surface area contributed by atoms with Crippen molar-refractivity contribution in [2.24, 2.45) is 0 Å². The van der Waals surface area contributed by atoms with Crippen molar-refractivity contribution >= 4 is 49.6 Å². The van der Waals surface area contributed by atoms with E-state index < -0.39 is 0 Å². The van der Waals surface area contributed by atoms with E-state index in [1.807, 2.05) is 12.5 Å². The van der Waals surface area contributed by atoms with Crippen LogP contribution in [0.3, 0.4) is 0 Å². The summed E-state index contributed by atoms with van der Waals surface area (Å²) in [5, 5.41) is 5.18. The zero-order valence-electron chi connectivity index (χ0n) is 10.2. The second-order valence-corrected chi connectivity index (χ2v) is 7.10. The van der Waals surface area contributed by atoms with Crippen molar-refractivity contribution in [1.82, 2.24) is 19.6 Å². The molecular weight excluding hydrogens is 315 g/mol. The molecule has 20 heavy (non-hydrogen) atoms. The number of thiazole rings is 1. The van der Waals surface area contributed by atoms with Crippen LogP contribution in [-0.4, -0.2) is 25.8 Å². The summed E-state index contributed by atoms with van der Waals surface area (Å²) in [6, 6.07) is 4.61. The molecule has 0 N–H and O–H groups in total. The van der Waals surface area contributed by atoms with Gasteiger partial charge in [0.05, 0.1) is 16.4 Å². The number of imidazole rings is 1. The molecule has 100 valence electrons. The first-order valence-corrected chi connectivity index (χ1v) is 8.55. The van der Waals surface area contributed by atoms with Gasteiger partial charge in [-0.3, -0.25) is 0 Å². The first-order chi connectivity index (χ1) is 9.72. The lowest BCUT2D eigenvalue weighted by molar-refractivity contribution is 0.630. The Bertz CT molecular complexity index is 892. The molecule has 0 aliphatic heterocycles. The third kappa shape index (κ3) is 1.91. The predicted octanol–water partition coefficient (Wildman–Crippen LogP) is 3.93. The summed E-state index contributed by atoms with van der Waals surface area (Å²) >= 11 is 4.58. The number of aromatic nitrogens is 4. The Hall–Kier alpha value is -1.51. The summed E-state index contributed by atoms with van der Waals surface area (Å²) < 4.78 is 16.8. The molecule has 0 saturated heterocycles. The number of halogens is 1. The maximum Gasteiger partial charge on any atom is 0.213 e. The molecule has 0 aliphatic rings. The molecule has 0 spiro atoms. The number of hydrogen-bond donors (Lipinski definition) is 0. The van der Waals surface area contributed by atoms with Crippen molar-refractivity contribution in [1.29, 1.82) is 0 Å². The van der Waals surface area contributed by atoms with Crippen LogP contribution in [0, 0.1) is 5.82 Å². The van der Waals surface area contributed by atoms with Crippen LogP contribution in [0.5, 0.6) is 0 Å². The van der Waals surface area contributed by atoms with Crippen LogP contribution in [0.2, 0.25) is 0 Å². The lowest BCUT2D eigenvalue weighted by atomic mass is 10.3. The second-order valence-electron chi connectivity index (χ2n) is 4.06. The van der Waals surface area contributed by atoms with Crippen LogP contribution in [0.1, 0.15) is 0 Å². The second kappa shape index (κ2) is 4.51. The molecule has 0 fully saturated rings. The van der Waals surface area contributed by atoms with Gasteiger partial charge in [-0.1, -0.05) is 23.1 Å². The van der Waals surface area contributed by atoms with Crippen molar-refractivity contribution in [3.05, 3.63) is 30.2 Å². The molecular formula is C12H7FN4S3. The van der Waals surface area contributed by atoms with E-state index in [-0.39, 0.29) is 5.82 Å². The van der Waals surface area contributed by atoms with Crippen molar-refractivity contribution in [3.63, 3.8) is 0 Å². The molecule has 0 amide bonds. The van der Waals surface area contributed by atoms with Gasteiger partial charge in [0.1, 0.15) is 16.5 Å². The van der Waals surface area contributed by atoms with Crippen LogP contribution >= 0.6 is 34.4 Å². The van der Waals surface area contributed by atoms with Gasteiger partial charge in [-0.15, -0.1) is 16.4 Å². The summed E-state index contributed by atoms with van der Waals surface area (Å²) in [6.45, 7) is 0. The van der Waals surface area contributed by atoms with Gasteiger partial charge < -0.3 is 0 Å². The standard InChI is InChI=1S/C12H7FN4S3/c1-18-12-16-17-5-8(15-11(17)20-12)10-14-7-3-2-6(13)4-9(7)19-10/h2-5H,1H3. The minimum atomic E-state index is -0.246. The van der Waals surface area contributed by atoms with Crippen molar-refractivity contribution in [3.8, 4) is 10.7 Å². The number of thioether (sulfide) groups is 1. The van der Waals surface area contributed by atoms with E-state index in [1.165, 1.54) is 23.5 Å². The van der Waals surface area contributed by atoms with Gasteiger partial charge in [-0.2, -0.15) is 0 Å². The smallest absolute Gasteiger partial charge is 0.213 e. The summed E-state index contributed by atoms with van der Waals surface area (Å²) in [5.74, 6) is -0.246. The van der Waals surface area contributed by atoms with Crippen LogP contribution in [0.4, 0.5) is 4.39 Å². The Kier molecular flexibility index (Phi) is 2.76. The average molecular weight is 322 g/mol. The van der Waals surface area contributed by atoms with Crippen LogP contribution in [0.25, 0.3) is 25.9 Å². The van der Waals surface area contributed by atoms with E-state index >= 15 is 0 Å². The van der Waals surface area contributed by atoms with Gasteiger partial charge >= 0.3 is 0 Å². The normalized spacial score (nSPS) is 11.7. The maximum absolute atomic E-state index is 13.2. The van der Waals surface area contributed by atoms with Gasteiger partial charge in [0.2, 0.25) is 4.96 Å². The van der Waals surface area contributed by atoms with Crippen LogP contribution in [-0.2, 0) is 0 Å². The van der Waals surface area contributed by atoms with Gasteiger partial charge in [0, 0.05) is 0 Å². The highest BCUT2D eigenvalue weighted by Crippen LogP contribution is 2.31. The summed E-state index contributed by atoms with van der Waals surface area (Å²) in [7, 11) is 0. The Morgan fingerprint density at radius 3 is 2.95 bits per heavy atom. The van der Waals surface area contributed by atoms with Gasteiger partial charge in [0.15, 0.2) is 4.34 Å². The first kappa shape index (κ1) is 12.2. The highest BCUT2D eigenvalue weighted by Gasteiger charge is 2.13. The topological polar surface area (TPSA) is 43.1 Å². The quantitative estimate of drug-likeness (QED) is 0.525. The van der Waals surface area contributed by atoms with E-state index in [1.54, 1.807) is 33.7 Å². The summed E-state index contributed by atoms with van der Waals surface area (Å²) in [5.41, 5.74) is 1.57. The van der Waals surface area contributed by atoms with Gasteiger partial charge in [-0.05, 0) is 24.5 Å². The molecule has 3 aromatic heterocycles. The first-order valence-electron chi connectivity index (χ1n) is 5.69. The third-order valence-electron chi connectivity index (χ3n) is 2.77. The number of benzene rings is 1. The molecule has 8 heteroatoms. The van der Waals surface area contributed by atoms with E-state index in [4.69, 9.17) is 0 Å².